The first-order valence-electron chi connectivity index (χ1n) is 6.96. The molecule has 2 rings (SSSR count). The van der Waals surface area contributed by atoms with Crippen molar-refractivity contribution in [3.63, 3.8) is 0 Å². The standard InChI is InChI=1S/C14H22N2OS2/c1-2-17-9-4-8-15-14(18)16(12-6-7-12)11-13-5-3-10-19-13/h3,5,10,12H,2,4,6-9,11H2,1H3,(H,15,18). The summed E-state index contributed by atoms with van der Waals surface area (Å²) in [6.07, 6.45) is 3.55. The molecule has 1 saturated carbocycles. The van der Waals surface area contributed by atoms with Crippen molar-refractivity contribution in [2.24, 2.45) is 0 Å². The Morgan fingerprint density at radius 3 is 3.05 bits per heavy atom. The third kappa shape index (κ3) is 5.09. The van der Waals surface area contributed by atoms with Gasteiger partial charge in [-0.25, -0.2) is 0 Å². The van der Waals surface area contributed by atoms with Gasteiger partial charge in [-0.2, -0.15) is 0 Å². The van der Waals surface area contributed by atoms with E-state index in [2.05, 4.69) is 27.7 Å². The zero-order valence-electron chi connectivity index (χ0n) is 11.4. The molecule has 19 heavy (non-hydrogen) atoms. The van der Waals surface area contributed by atoms with Crippen molar-refractivity contribution in [3.05, 3.63) is 22.4 Å². The summed E-state index contributed by atoms with van der Waals surface area (Å²) < 4.78 is 5.33. The molecule has 1 aromatic rings. The minimum Gasteiger partial charge on any atom is -0.382 e. The van der Waals surface area contributed by atoms with Crippen LogP contribution in [0.2, 0.25) is 0 Å². The van der Waals surface area contributed by atoms with Gasteiger partial charge in [-0.3, -0.25) is 0 Å². The molecule has 5 heteroatoms. The summed E-state index contributed by atoms with van der Waals surface area (Å²) in [7, 11) is 0. The Labute approximate surface area is 124 Å². The predicted molar refractivity (Wildman–Crippen MR) is 84.6 cm³/mol. The first kappa shape index (κ1) is 14.8. The smallest absolute Gasteiger partial charge is 0.169 e. The zero-order valence-corrected chi connectivity index (χ0v) is 13.1. The van der Waals surface area contributed by atoms with Crippen molar-refractivity contribution in [1.82, 2.24) is 10.2 Å². The van der Waals surface area contributed by atoms with E-state index in [1.807, 2.05) is 6.92 Å². The molecular weight excluding hydrogens is 276 g/mol. The van der Waals surface area contributed by atoms with Gasteiger partial charge in [0.2, 0.25) is 0 Å². The zero-order chi connectivity index (χ0) is 13.5. The van der Waals surface area contributed by atoms with Gasteiger partial charge in [-0.05, 0) is 49.9 Å². The summed E-state index contributed by atoms with van der Waals surface area (Å²) in [4.78, 5) is 3.72. The molecule has 3 nitrogen and oxygen atoms in total. The molecule has 0 amide bonds. The molecular formula is C14H22N2OS2. The molecule has 1 fully saturated rings. The van der Waals surface area contributed by atoms with Crippen LogP contribution in [0.5, 0.6) is 0 Å². The highest BCUT2D eigenvalue weighted by molar-refractivity contribution is 7.80. The lowest BCUT2D eigenvalue weighted by Crippen LogP contribution is -2.41. The van der Waals surface area contributed by atoms with Gasteiger partial charge < -0.3 is 15.0 Å². The molecule has 1 heterocycles. The molecule has 0 unspecified atom stereocenters. The molecule has 0 bridgehead atoms. The van der Waals surface area contributed by atoms with Gasteiger partial charge in [0.1, 0.15) is 0 Å². The van der Waals surface area contributed by atoms with E-state index in [1.165, 1.54) is 17.7 Å². The lowest BCUT2D eigenvalue weighted by atomic mass is 10.4. The van der Waals surface area contributed by atoms with Gasteiger partial charge in [-0.15, -0.1) is 11.3 Å². The summed E-state index contributed by atoms with van der Waals surface area (Å²) in [6, 6.07) is 4.93. The Hall–Kier alpha value is -0.650. The maximum Gasteiger partial charge on any atom is 0.169 e. The molecule has 0 radical (unpaired) electrons. The van der Waals surface area contributed by atoms with Gasteiger partial charge in [-0.1, -0.05) is 6.07 Å². The third-order valence-corrected chi connectivity index (χ3v) is 4.34. The van der Waals surface area contributed by atoms with Crippen LogP contribution >= 0.6 is 23.6 Å². The minimum absolute atomic E-state index is 0.647. The third-order valence-electron chi connectivity index (χ3n) is 3.10. The van der Waals surface area contributed by atoms with E-state index in [0.29, 0.717) is 6.04 Å². The van der Waals surface area contributed by atoms with E-state index in [1.54, 1.807) is 11.3 Å². The molecule has 106 valence electrons. The SMILES string of the molecule is CCOCCCNC(=S)N(Cc1cccs1)C1CC1. The monoisotopic (exact) mass is 298 g/mol. The summed E-state index contributed by atoms with van der Waals surface area (Å²) in [5.74, 6) is 0. The van der Waals surface area contributed by atoms with Crippen molar-refractivity contribution in [3.8, 4) is 0 Å². The van der Waals surface area contributed by atoms with Gasteiger partial charge in [0, 0.05) is 30.7 Å². The van der Waals surface area contributed by atoms with E-state index < -0.39 is 0 Å². The van der Waals surface area contributed by atoms with Crippen LogP contribution in [-0.4, -0.2) is 35.8 Å². The summed E-state index contributed by atoms with van der Waals surface area (Å²) in [5, 5.41) is 6.38. The van der Waals surface area contributed by atoms with Crippen LogP contribution in [0.1, 0.15) is 31.1 Å². The Morgan fingerprint density at radius 2 is 2.42 bits per heavy atom. The van der Waals surface area contributed by atoms with Crippen LogP contribution in [-0.2, 0) is 11.3 Å². The number of thiocarbonyl (C=S) groups is 1. The maximum atomic E-state index is 5.52. The number of hydrogen-bond acceptors (Lipinski definition) is 3. The van der Waals surface area contributed by atoms with Crippen LogP contribution in [0.15, 0.2) is 17.5 Å². The number of ether oxygens (including phenoxy) is 1. The first-order valence-corrected chi connectivity index (χ1v) is 8.24. The number of nitrogens with one attached hydrogen (secondary N) is 1. The largest absolute Gasteiger partial charge is 0.382 e. The van der Waals surface area contributed by atoms with Gasteiger partial charge in [0.25, 0.3) is 0 Å². The summed E-state index contributed by atoms with van der Waals surface area (Å²) in [5.41, 5.74) is 0. The molecule has 0 saturated heterocycles. The summed E-state index contributed by atoms with van der Waals surface area (Å²) in [6.45, 7) is 5.46. The second-order valence-corrected chi connectivity index (χ2v) is 6.14. The van der Waals surface area contributed by atoms with Gasteiger partial charge >= 0.3 is 0 Å². The molecule has 0 aliphatic heterocycles. The number of nitrogens with zero attached hydrogens (tertiary/aromatic N) is 1. The molecule has 1 aliphatic rings. The van der Waals surface area contributed by atoms with Crippen LogP contribution in [0.3, 0.4) is 0 Å². The van der Waals surface area contributed by atoms with E-state index in [0.717, 1.165) is 37.8 Å². The highest BCUT2D eigenvalue weighted by atomic mass is 32.1. The van der Waals surface area contributed by atoms with Crippen LogP contribution in [0.25, 0.3) is 0 Å². The fraction of sp³-hybridized carbons (Fsp3) is 0.643. The molecule has 0 atom stereocenters. The van der Waals surface area contributed by atoms with E-state index in [-0.39, 0.29) is 0 Å². The predicted octanol–water partition coefficient (Wildman–Crippen LogP) is 3.01. The topological polar surface area (TPSA) is 24.5 Å². The molecule has 1 aliphatic carbocycles. The molecule has 1 aromatic heterocycles. The van der Waals surface area contributed by atoms with Gasteiger partial charge in [0.15, 0.2) is 5.11 Å². The van der Waals surface area contributed by atoms with Gasteiger partial charge in [0.05, 0.1) is 6.54 Å². The Morgan fingerprint density at radius 1 is 1.58 bits per heavy atom. The van der Waals surface area contributed by atoms with E-state index in [4.69, 9.17) is 17.0 Å². The second-order valence-electron chi connectivity index (χ2n) is 4.72. The lowest BCUT2D eigenvalue weighted by molar-refractivity contribution is 0.145. The van der Waals surface area contributed by atoms with Crippen molar-refractivity contribution in [1.29, 1.82) is 0 Å². The van der Waals surface area contributed by atoms with Crippen LogP contribution in [0, 0.1) is 0 Å². The molecule has 0 spiro atoms. The van der Waals surface area contributed by atoms with Crippen LogP contribution < -0.4 is 5.32 Å². The fourth-order valence-electron chi connectivity index (χ4n) is 1.94. The van der Waals surface area contributed by atoms with E-state index >= 15 is 0 Å². The molecule has 1 N–H and O–H groups in total. The van der Waals surface area contributed by atoms with Crippen molar-refractivity contribution >= 4 is 28.7 Å². The summed E-state index contributed by atoms with van der Waals surface area (Å²) >= 11 is 7.32. The maximum absolute atomic E-state index is 5.52. The average Bonchev–Trinajstić information content (AvgIpc) is 3.12. The number of hydrogen-bond donors (Lipinski definition) is 1. The van der Waals surface area contributed by atoms with Crippen LogP contribution in [0.4, 0.5) is 0 Å². The van der Waals surface area contributed by atoms with Crippen molar-refractivity contribution in [2.45, 2.75) is 38.8 Å². The first-order chi connectivity index (χ1) is 9.31. The number of rotatable bonds is 8. The minimum atomic E-state index is 0.647. The Balaban J connectivity index is 1.73. The van der Waals surface area contributed by atoms with Crippen molar-refractivity contribution in [2.75, 3.05) is 19.8 Å². The molecule has 0 aromatic carbocycles. The van der Waals surface area contributed by atoms with Crippen molar-refractivity contribution < 1.29 is 4.74 Å². The Bertz CT molecular complexity index is 377. The highest BCUT2D eigenvalue weighted by Crippen LogP contribution is 2.29. The second kappa shape index (κ2) is 7.82. The Kier molecular flexibility index (Phi) is 6.07. The van der Waals surface area contributed by atoms with E-state index in [9.17, 15) is 0 Å². The lowest BCUT2D eigenvalue weighted by Gasteiger charge is -2.25. The average molecular weight is 298 g/mol. The highest BCUT2D eigenvalue weighted by Gasteiger charge is 2.30. The number of thiophene rings is 1. The quantitative estimate of drug-likeness (QED) is 0.589. The fourth-order valence-corrected chi connectivity index (χ4v) is 2.96. The normalized spacial score (nSPS) is 14.4.